The Morgan fingerprint density at radius 2 is 1.68 bits per heavy atom. The van der Waals surface area contributed by atoms with Crippen LogP contribution in [0.25, 0.3) is 0 Å². The monoisotopic (exact) mass is 342 g/mol. The number of carbonyl (C=O) groups excluding carboxylic acids is 2. The number of ether oxygens (including phenoxy) is 3. The summed E-state index contributed by atoms with van der Waals surface area (Å²) in [4.78, 5) is 23.0. The van der Waals surface area contributed by atoms with E-state index in [-0.39, 0.29) is 13.0 Å². The van der Waals surface area contributed by atoms with Crippen LogP contribution in [0.15, 0.2) is 54.6 Å². The van der Waals surface area contributed by atoms with Crippen LogP contribution >= 0.6 is 0 Å². The molecule has 0 saturated carbocycles. The summed E-state index contributed by atoms with van der Waals surface area (Å²) >= 11 is 0. The Kier molecular flexibility index (Phi) is 7.01. The lowest BCUT2D eigenvalue weighted by atomic mass is 10.1. The predicted molar refractivity (Wildman–Crippen MR) is 93.0 cm³/mol. The SMILES string of the molecule is CCOC(=O)C[C@H](OC(C)=O)c1ccc(OCc2ccccc2)cc1. The van der Waals surface area contributed by atoms with E-state index in [1.807, 2.05) is 30.3 Å². The standard InChI is InChI=1S/C20H22O5/c1-3-23-20(22)13-19(25-15(2)21)17-9-11-18(12-10-17)24-14-16-7-5-4-6-8-16/h4-12,19H,3,13-14H2,1-2H3/t19-/m0/s1. The van der Waals surface area contributed by atoms with Gasteiger partial charge in [0.05, 0.1) is 13.0 Å². The highest BCUT2D eigenvalue weighted by atomic mass is 16.6. The van der Waals surface area contributed by atoms with Crippen molar-refractivity contribution in [1.82, 2.24) is 0 Å². The van der Waals surface area contributed by atoms with Gasteiger partial charge in [-0.15, -0.1) is 0 Å². The summed E-state index contributed by atoms with van der Waals surface area (Å²) in [5.74, 6) is -0.151. The molecule has 0 aromatic heterocycles. The average molecular weight is 342 g/mol. The number of esters is 2. The second-order valence-electron chi connectivity index (χ2n) is 5.45. The molecular weight excluding hydrogens is 320 g/mol. The Bertz CT molecular complexity index is 679. The Hall–Kier alpha value is -2.82. The van der Waals surface area contributed by atoms with Gasteiger partial charge in [-0.3, -0.25) is 9.59 Å². The van der Waals surface area contributed by atoms with E-state index in [1.54, 1.807) is 31.2 Å². The molecular formula is C20H22O5. The zero-order valence-electron chi connectivity index (χ0n) is 14.4. The molecule has 1 atom stereocenters. The van der Waals surface area contributed by atoms with Gasteiger partial charge < -0.3 is 14.2 Å². The minimum absolute atomic E-state index is 0.0162. The first-order valence-corrected chi connectivity index (χ1v) is 8.18. The van der Waals surface area contributed by atoms with Crippen LogP contribution < -0.4 is 4.74 Å². The maximum Gasteiger partial charge on any atom is 0.309 e. The molecule has 25 heavy (non-hydrogen) atoms. The number of hydrogen-bond acceptors (Lipinski definition) is 5. The molecule has 2 aromatic rings. The highest BCUT2D eigenvalue weighted by molar-refractivity contribution is 5.72. The molecule has 0 bridgehead atoms. The molecule has 0 N–H and O–H groups in total. The quantitative estimate of drug-likeness (QED) is 0.683. The van der Waals surface area contributed by atoms with Crippen LogP contribution in [0, 0.1) is 0 Å². The van der Waals surface area contributed by atoms with Gasteiger partial charge >= 0.3 is 11.9 Å². The molecule has 0 aliphatic carbocycles. The average Bonchev–Trinajstić information content (AvgIpc) is 2.60. The van der Waals surface area contributed by atoms with E-state index >= 15 is 0 Å². The van der Waals surface area contributed by atoms with E-state index in [9.17, 15) is 9.59 Å². The highest BCUT2D eigenvalue weighted by Crippen LogP contribution is 2.25. The fraction of sp³-hybridized carbons (Fsp3) is 0.300. The van der Waals surface area contributed by atoms with E-state index in [1.165, 1.54) is 6.92 Å². The Labute approximate surface area is 147 Å². The fourth-order valence-corrected chi connectivity index (χ4v) is 2.32. The van der Waals surface area contributed by atoms with E-state index in [4.69, 9.17) is 14.2 Å². The molecule has 0 spiro atoms. The van der Waals surface area contributed by atoms with E-state index in [0.29, 0.717) is 12.4 Å². The van der Waals surface area contributed by atoms with E-state index in [2.05, 4.69) is 0 Å². The molecule has 0 saturated heterocycles. The maximum absolute atomic E-state index is 11.7. The summed E-state index contributed by atoms with van der Waals surface area (Å²) in [6.45, 7) is 3.81. The molecule has 0 heterocycles. The van der Waals surface area contributed by atoms with Crippen molar-refractivity contribution in [2.24, 2.45) is 0 Å². The first-order valence-electron chi connectivity index (χ1n) is 8.18. The Morgan fingerprint density at radius 1 is 1.00 bits per heavy atom. The van der Waals surface area contributed by atoms with Gasteiger partial charge in [-0.1, -0.05) is 42.5 Å². The van der Waals surface area contributed by atoms with Gasteiger partial charge in [-0.2, -0.15) is 0 Å². The largest absolute Gasteiger partial charge is 0.489 e. The van der Waals surface area contributed by atoms with Crippen LogP contribution in [0.3, 0.4) is 0 Å². The molecule has 132 valence electrons. The summed E-state index contributed by atoms with van der Waals surface area (Å²) in [7, 11) is 0. The van der Waals surface area contributed by atoms with Crippen molar-refractivity contribution < 1.29 is 23.8 Å². The number of rotatable bonds is 8. The molecule has 5 heteroatoms. The molecule has 0 aliphatic rings. The molecule has 0 unspecified atom stereocenters. The zero-order chi connectivity index (χ0) is 18.1. The van der Waals surface area contributed by atoms with Gasteiger partial charge in [0.1, 0.15) is 18.5 Å². The van der Waals surface area contributed by atoms with Crippen LogP contribution in [0.2, 0.25) is 0 Å². The van der Waals surface area contributed by atoms with E-state index < -0.39 is 18.0 Å². The van der Waals surface area contributed by atoms with E-state index in [0.717, 1.165) is 11.1 Å². The summed E-state index contributed by atoms with van der Waals surface area (Å²) < 4.78 is 15.9. The molecule has 0 fully saturated rings. The van der Waals surface area contributed by atoms with Gasteiger partial charge in [0, 0.05) is 6.92 Å². The summed E-state index contributed by atoms with van der Waals surface area (Å²) in [5, 5.41) is 0. The Morgan fingerprint density at radius 3 is 2.28 bits per heavy atom. The van der Waals surface area contributed by atoms with Crippen molar-refractivity contribution in [2.75, 3.05) is 6.61 Å². The smallest absolute Gasteiger partial charge is 0.309 e. The molecule has 2 aromatic carbocycles. The number of hydrogen-bond donors (Lipinski definition) is 0. The normalized spacial score (nSPS) is 11.4. The van der Waals surface area contributed by atoms with Crippen LogP contribution in [-0.4, -0.2) is 18.5 Å². The third kappa shape index (κ3) is 6.30. The minimum Gasteiger partial charge on any atom is -0.489 e. The molecule has 0 radical (unpaired) electrons. The lowest BCUT2D eigenvalue weighted by Crippen LogP contribution is -2.15. The third-order valence-corrected chi connectivity index (χ3v) is 3.47. The van der Waals surface area contributed by atoms with Gasteiger partial charge in [0.25, 0.3) is 0 Å². The lowest BCUT2D eigenvalue weighted by Gasteiger charge is -2.17. The first kappa shape index (κ1) is 18.5. The first-order chi connectivity index (χ1) is 12.1. The number of carbonyl (C=O) groups is 2. The summed E-state index contributed by atoms with van der Waals surface area (Å²) in [6, 6.07) is 17.0. The molecule has 0 aliphatic heterocycles. The third-order valence-electron chi connectivity index (χ3n) is 3.47. The van der Waals surface area contributed by atoms with Crippen molar-refractivity contribution in [3.63, 3.8) is 0 Å². The number of benzene rings is 2. The van der Waals surface area contributed by atoms with Crippen LogP contribution in [0.1, 0.15) is 37.5 Å². The van der Waals surface area contributed by atoms with Crippen molar-refractivity contribution in [2.45, 2.75) is 33.0 Å². The van der Waals surface area contributed by atoms with Crippen molar-refractivity contribution in [3.8, 4) is 5.75 Å². The second-order valence-corrected chi connectivity index (χ2v) is 5.45. The Balaban J connectivity index is 2.01. The maximum atomic E-state index is 11.7. The van der Waals surface area contributed by atoms with Crippen LogP contribution in [0.5, 0.6) is 5.75 Å². The zero-order valence-corrected chi connectivity index (χ0v) is 14.4. The van der Waals surface area contributed by atoms with Crippen LogP contribution in [0.4, 0.5) is 0 Å². The van der Waals surface area contributed by atoms with Gasteiger partial charge in [-0.05, 0) is 30.2 Å². The topological polar surface area (TPSA) is 61.8 Å². The van der Waals surface area contributed by atoms with Crippen molar-refractivity contribution >= 4 is 11.9 Å². The molecule has 2 rings (SSSR count). The fourth-order valence-electron chi connectivity index (χ4n) is 2.32. The minimum atomic E-state index is -0.667. The van der Waals surface area contributed by atoms with Gasteiger partial charge in [0.2, 0.25) is 0 Å². The predicted octanol–water partition coefficient (Wildman–Crippen LogP) is 3.82. The molecule has 0 amide bonds. The van der Waals surface area contributed by atoms with Crippen molar-refractivity contribution in [3.05, 3.63) is 65.7 Å². The van der Waals surface area contributed by atoms with Gasteiger partial charge in [-0.25, -0.2) is 0 Å². The van der Waals surface area contributed by atoms with Gasteiger partial charge in [0.15, 0.2) is 0 Å². The summed E-state index contributed by atoms with van der Waals surface area (Å²) in [6.07, 6.45) is -0.683. The van der Waals surface area contributed by atoms with Crippen molar-refractivity contribution in [1.29, 1.82) is 0 Å². The summed E-state index contributed by atoms with van der Waals surface area (Å²) in [5.41, 5.74) is 1.79. The second kappa shape index (κ2) is 9.47. The highest BCUT2D eigenvalue weighted by Gasteiger charge is 2.20. The molecule has 5 nitrogen and oxygen atoms in total. The van der Waals surface area contributed by atoms with Crippen LogP contribution in [-0.2, 0) is 25.7 Å². The lowest BCUT2D eigenvalue weighted by molar-refractivity contribution is -0.153.